The Balaban J connectivity index is 2.51. The number of hydrogen-bond donors (Lipinski definition) is 0. The van der Waals surface area contributed by atoms with Gasteiger partial charge in [0.25, 0.3) is 0 Å². The van der Waals surface area contributed by atoms with Crippen molar-refractivity contribution < 1.29 is 9.47 Å². The third kappa shape index (κ3) is 5.17. The fourth-order valence-electron chi connectivity index (χ4n) is 1.24. The molecule has 1 aromatic rings. The zero-order valence-corrected chi connectivity index (χ0v) is 10.9. The summed E-state index contributed by atoms with van der Waals surface area (Å²) in [5, 5.41) is 0. The van der Waals surface area contributed by atoms with E-state index >= 15 is 0 Å². The highest BCUT2D eigenvalue weighted by Crippen LogP contribution is 2.16. The van der Waals surface area contributed by atoms with Gasteiger partial charge in [0.15, 0.2) is 0 Å². The smallest absolute Gasteiger partial charge is 0.119 e. The van der Waals surface area contributed by atoms with Crippen LogP contribution in [-0.4, -0.2) is 11.7 Å². The molecule has 0 aliphatic heterocycles. The molecule has 0 spiro atoms. The molecule has 1 rings (SSSR count). The van der Waals surface area contributed by atoms with Crippen molar-refractivity contribution in [2.45, 2.75) is 52.9 Å². The quantitative estimate of drug-likeness (QED) is 0.771. The van der Waals surface area contributed by atoms with Crippen LogP contribution in [-0.2, 0) is 11.3 Å². The number of hydrogen-bond acceptors (Lipinski definition) is 2. The molecule has 0 heterocycles. The van der Waals surface area contributed by atoms with Gasteiger partial charge in [-0.2, -0.15) is 0 Å². The van der Waals surface area contributed by atoms with E-state index in [0.717, 1.165) is 5.75 Å². The van der Waals surface area contributed by atoms with E-state index in [2.05, 4.69) is 20.8 Å². The van der Waals surface area contributed by atoms with Crippen molar-refractivity contribution in [1.82, 2.24) is 0 Å². The average Bonchev–Trinajstić information content (AvgIpc) is 2.14. The molecule has 90 valence electrons. The molecule has 0 atom stereocenters. The molecule has 0 saturated carbocycles. The monoisotopic (exact) mass is 222 g/mol. The lowest BCUT2D eigenvalue weighted by Gasteiger charge is -2.19. The largest absolute Gasteiger partial charge is 0.491 e. The summed E-state index contributed by atoms with van der Waals surface area (Å²) in [4.78, 5) is 0. The van der Waals surface area contributed by atoms with Gasteiger partial charge in [0, 0.05) is 0 Å². The molecule has 1 aromatic carbocycles. The molecule has 0 bridgehead atoms. The van der Waals surface area contributed by atoms with Crippen molar-refractivity contribution >= 4 is 0 Å². The third-order valence-electron chi connectivity index (χ3n) is 1.97. The normalized spacial score (nSPS) is 11.9. The summed E-state index contributed by atoms with van der Waals surface area (Å²) in [6, 6.07) is 8.07. The second-order valence-electron chi connectivity index (χ2n) is 5.21. The lowest BCUT2D eigenvalue weighted by Crippen LogP contribution is -2.18. The van der Waals surface area contributed by atoms with Gasteiger partial charge in [-0.25, -0.2) is 0 Å². The summed E-state index contributed by atoms with van der Waals surface area (Å²) in [5.41, 5.74) is 1.08. The van der Waals surface area contributed by atoms with E-state index < -0.39 is 0 Å². The predicted octanol–water partition coefficient (Wildman–Crippen LogP) is 3.79. The van der Waals surface area contributed by atoms with Crippen LogP contribution in [0, 0.1) is 0 Å². The van der Waals surface area contributed by atoms with Gasteiger partial charge in [-0.1, -0.05) is 12.1 Å². The second-order valence-corrected chi connectivity index (χ2v) is 5.21. The Kier molecular flexibility index (Phi) is 4.36. The minimum absolute atomic E-state index is 0.0902. The summed E-state index contributed by atoms with van der Waals surface area (Å²) < 4.78 is 11.3. The lowest BCUT2D eigenvalue weighted by molar-refractivity contribution is -0.0149. The maximum Gasteiger partial charge on any atom is 0.119 e. The van der Waals surface area contributed by atoms with Gasteiger partial charge in [-0.05, 0) is 52.3 Å². The van der Waals surface area contributed by atoms with Crippen molar-refractivity contribution in [3.05, 3.63) is 29.8 Å². The van der Waals surface area contributed by atoms with E-state index in [9.17, 15) is 0 Å². The van der Waals surface area contributed by atoms with Crippen LogP contribution in [0.25, 0.3) is 0 Å². The summed E-state index contributed by atoms with van der Waals surface area (Å²) in [6.07, 6.45) is 0.219. The van der Waals surface area contributed by atoms with Crippen molar-refractivity contribution in [3.63, 3.8) is 0 Å². The Morgan fingerprint density at radius 3 is 2.06 bits per heavy atom. The summed E-state index contributed by atoms with van der Waals surface area (Å²) >= 11 is 0. The van der Waals surface area contributed by atoms with Crippen LogP contribution in [0.15, 0.2) is 24.3 Å². The third-order valence-corrected chi connectivity index (χ3v) is 1.97. The second kappa shape index (κ2) is 5.35. The molecular weight excluding hydrogens is 200 g/mol. The van der Waals surface area contributed by atoms with Crippen LogP contribution in [0.2, 0.25) is 0 Å². The van der Waals surface area contributed by atoms with Crippen LogP contribution in [0.4, 0.5) is 0 Å². The molecule has 16 heavy (non-hydrogen) atoms. The predicted molar refractivity (Wildman–Crippen MR) is 66.7 cm³/mol. The highest BCUT2D eigenvalue weighted by atomic mass is 16.5. The molecule has 0 radical (unpaired) electrons. The van der Waals surface area contributed by atoms with E-state index in [1.165, 1.54) is 5.56 Å². The van der Waals surface area contributed by atoms with Crippen molar-refractivity contribution in [2.75, 3.05) is 0 Å². The average molecular weight is 222 g/mol. The van der Waals surface area contributed by atoms with E-state index in [4.69, 9.17) is 9.47 Å². The Morgan fingerprint density at radius 1 is 1.06 bits per heavy atom. The van der Waals surface area contributed by atoms with E-state index in [-0.39, 0.29) is 11.7 Å². The van der Waals surface area contributed by atoms with Crippen LogP contribution in [0.5, 0.6) is 5.75 Å². The topological polar surface area (TPSA) is 18.5 Å². The van der Waals surface area contributed by atoms with Gasteiger partial charge in [0.05, 0.1) is 18.3 Å². The van der Waals surface area contributed by atoms with Crippen molar-refractivity contribution in [3.8, 4) is 5.75 Å². The fraction of sp³-hybridized carbons (Fsp3) is 0.571. The Morgan fingerprint density at radius 2 is 1.62 bits per heavy atom. The first-order valence-corrected chi connectivity index (χ1v) is 5.76. The number of ether oxygens (including phenoxy) is 2. The van der Waals surface area contributed by atoms with Crippen LogP contribution in [0.3, 0.4) is 0 Å². The van der Waals surface area contributed by atoms with Crippen molar-refractivity contribution in [1.29, 1.82) is 0 Å². The van der Waals surface area contributed by atoms with E-state index in [0.29, 0.717) is 6.61 Å². The summed E-state index contributed by atoms with van der Waals surface area (Å²) in [5.74, 6) is 0.912. The van der Waals surface area contributed by atoms with Crippen molar-refractivity contribution in [2.24, 2.45) is 0 Å². The molecule has 0 aliphatic rings. The number of rotatable bonds is 4. The van der Waals surface area contributed by atoms with Gasteiger partial charge in [-0.15, -0.1) is 0 Å². The minimum atomic E-state index is -0.0902. The molecule has 2 nitrogen and oxygen atoms in total. The molecular formula is C14H22O2. The summed E-state index contributed by atoms with van der Waals surface area (Å²) in [6.45, 7) is 10.9. The molecule has 0 aliphatic carbocycles. The zero-order chi connectivity index (χ0) is 12.2. The minimum Gasteiger partial charge on any atom is -0.491 e. The SMILES string of the molecule is CC(C)Oc1ccc(COC(C)(C)C)cc1. The molecule has 0 aromatic heterocycles. The first-order chi connectivity index (χ1) is 7.37. The van der Waals surface area contributed by atoms with E-state index in [1.807, 2.05) is 38.1 Å². The fourth-order valence-corrected chi connectivity index (χ4v) is 1.24. The highest BCUT2D eigenvalue weighted by Gasteiger charge is 2.09. The Hall–Kier alpha value is -1.02. The highest BCUT2D eigenvalue weighted by molar-refractivity contribution is 5.27. The molecule has 2 heteroatoms. The maximum absolute atomic E-state index is 5.70. The van der Waals surface area contributed by atoms with Gasteiger partial charge >= 0.3 is 0 Å². The van der Waals surface area contributed by atoms with Gasteiger partial charge in [-0.3, -0.25) is 0 Å². The van der Waals surface area contributed by atoms with Gasteiger partial charge < -0.3 is 9.47 Å². The lowest BCUT2D eigenvalue weighted by atomic mass is 10.2. The first-order valence-electron chi connectivity index (χ1n) is 5.76. The van der Waals surface area contributed by atoms with E-state index in [1.54, 1.807) is 0 Å². The summed E-state index contributed by atoms with van der Waals surface area (Å²) in [7, 11) is 0. The van der Waals surface area contributed by atoms with Crippen LogP contribution in [0.1, 0.15) is 40.2 Å². The molecule has 0 saturated heterocycles. The van der Waals surface area contributed by atoms with Crippen LogP contribution >= 0.6 is 0 Å². The molecule has 0 unspecified atom stereocenters. The molecule has 0 amide bonds. The standard InChI is InChI=1S/C14H22O2/c1-11(2)16-13-8-6-12(7-9-13)10-15-14(3,4)5/h6-9,11H,10H2,1-5H3. The number of benzene rings is 1. The van der Waals surface area contributed by atoms with Gasteiger partial charge in [0.2, 0.25) is 0 Å². The zero-order valence-electron chi connectivity index (χ0n) is 10.9. The Bertz CT molecular complexity index is 307. The maximum atomic E-state index is 5.70. The first kappa shape index (κ1) is 13.0. The van der Waals surface area contributed by atoms with Gasteiger partial charge in [0.1, 0.15) is 5.75 Å². The van der Waals surface area contributed by atoms with Crippen LogP contribution < -0.4 is 4.74 Å². The molecule has 0 fully saturated rings. The molecule has 0 N–H and O–H groups in total. The Labute approximate surface area is 98.6 Å².